The Balaban J connectivity index is 1.83. The van der Waals surface area contributed by atoms with Crippen LogP contribution in [0.25, 0.3) is 5.69 Å². The van der Waals surface area contributed by atoms with Crippen LogP contribution in [0, 0.1) is 12.7 Å². The van der Waals surface area contributed by atoms with Crippen molar-refractivity contribution in [2.75, 3.05) is 0 Å². The number of rotatable bonds is 2. The zero-order chi connectivity index (χ0) is 17.6. The van der Waals surface area contributed by atoms with E-state index >= 15 is 0 Å². The lowest BCUT2D eigenvalue weighted by molar-refractivity contribution is 0.0187. The monoisotopic (exact) mass is 338 g/mol. The third kappa shape index (κ3) is 2.51. The SMILES string of the molecule is Cc1nn(-c2ccccc2)c2c1C(=O)[C@@H](O)[C@H](c1ccc(F)cc1)O2. The highest BCUT2D eigenvalue weighted by Gasteiger charge is 2.41. The van der Waals surface area contributed by atoms with Gasteiger partial charge in [-0.05, 0) is 36.8 Å². The minimum atomic E-state index is -1.37. The number of fused-ring (bicyclic) bond motifs is 1. The molecule has 0 radical (unpaired) electrons. The Kier molecular flexibility index (Phi) is 3.62. The van der Waals surface area contributed by atoms with Gasteiger partial charge in [0.2, 0.25) is 11.7 Å². The zero-order valence-corrected chi connectivity index (χ0v) is 13.4. The molecule has 1 aliphatic heterocycles. The van der Waals surface area contributed by atoms with Gasteiger partial charge in [0.1, 0.15) is 11.4 Å². The van der Waals surface area contributed by atoms with Crippen molar-refractivity contribution in [2.45, 2.75) is 19.1 Å². The molecule has 4 rings (SSSR count). The second kappa shape index (κ2) is 5.82. The molecule has 25 heavy (non-hydrogen) atoms. The molecule has 2 atom stereocenters. The Labute approximate surface area is 143 Å². The van der Waals surface area contributed by atoms with Gasteiger partial charge in [-0.3, -0.25) is 4.79 Å². The van der Waals surface area contributed by atoms with Crippen LogP contribution in [-0.2, 0) is 0 Å². The zero-order valence-electron chi connectivity index (χ0n) is 13.4. The highest BCUT2D eigenvalue weighted by atomic mass is 19.1. The molecule has 2 heterocycles. The van der Waals surface area contributed by atoms with Crippen molar-refractivity contribution in [2.24, 2.45) is 0 Å². The molecule has 2 aromatic carbocycles. The van der Waals surface area contributed by atoms with Crippen LogP contribution in [0.3, 0.4) is 0 Å². The third-order valence-corrected chi connectivity index (χ3v) is 4.26. The van der Waals surface area contributed by atoms with Crippen molar-refractivity contribution in [3.05, 3.63) is 77.2 Å². The van der Waals surface area contributed by atoms with Crippen molar-refractivity contribution >= 4 is 5.78 Å². The van der Waals surface area contributed by atoms with E-state index in [1.165, 1.54) is 24.3 Å². The Morgan fingerprint density at radius 1 is 1.12 bits per heavy atom. The van der Waals surface area contributed by atoms with E-state index in [2.05, 4.69) is 5.10 Å². The first-order chi connectivity index (χ1) is 12.1. The number of aromatic nitrogens is 2. The minimum absolute atomic E-state index is 0.273. The summed E-state index contributed by atoms with van der Waals surface area (Å²) in [7, 11) is 0. The number of aliphatic hydroxyl groups excluding tert-OH is 1. The van der Waals surface area contributed by atoms with E-state index in [1.807, 2.05) is 30.3 Å². The average molecular weight is 338 g/mol. The lowest BCUT2D eigenvalue weighted by Gasteiger charge is -2.28. The van der Waals surface area contributed by atoms with Crippen LogP contribution in [-0.4, -0.2) is 26.8 Å². The summed E-state index contributed by atoms with van der Waals surface area (Å²) in [4.78, 5) is 12.7. The number of aryl methyl sites for hydroxylation is 1. The fourth-order valence-corrected chi connectivity index (χ4v) is 3.02. The molecule has 1 N–H and O–H groups in total. The molecular weight excluding hydrogens is 323 g/mol. The maximum Gasteiger partial charge on any atom is 0.228 e. The van der Waals surface area contributed by atoms with Gasteiger partial charge in [-0.2, -0.15) is 5.10 Å². The predicted octanol–water partition coefficient (Wildman–Crippen LogP) is 3.00. The number of benzene rings is 2. The number of Topliss-reactive ketones (excluding diaryl/α,β-unsaturated/α-hetero) is 1. The standard InChI is InChI=1S/C19H15FN2O3/c1-11-15-16(23)17(24)18(12-7-9-13(20)10-8-12)25-19(15)22(21-11)14-5-3-2-4-6-14/h2-10,17-18,24H,1H3/t17-,18+/m1/s1. The molecule has 0 saturated carbocycles. The van der Waals surface area contributed by atoms with Gasteiger partial charge in [0, 0.05) is 0 Å². The smallest absolute Gasteiger partial charge is 0.228 e. The number of hydrogen-bond acceptors (Lipinski definition) is 4. The van der Waals surface area contributed by atoms with Crippen LogP contribution in [0.4, 0.5) is 4.39 Å². The molecule has 3 aromatic rings. The number of nitrogens with zero attached hydrogens (tertiary/aromatic N) is 2. The van der Waals surface area contributed by atoms with Crippen molar-refractivity contribution in [1.29, 1.82) is 0 Å². The lowest BCUT2D eigenvalue weighted by Crippen LogP contribution is -2.36. The molecule has 0 fully saturated rings. The van der Waals surface area contributed by atoms with Crippen molar-refractivity contribution in [3.63, 3.8) is 0 Å². The summed E-state index contributed by atoms with van der Waals surface area (Å²) in [6.07, 6.45) is -2.29. The van der Waals surface area contributed by atoms with Crippen LogP contribution in [0.2, 0.25) is 0 Å². The van der Waals surface area contributed by atoms with Crippen molar-refractivity contribution in [1.82, 2.24) is 9.78 Å². The van der Waals surface area contributed by atoms with E-state index in [4.69, 9.17) is 4.74 Å². The first-order valence-corrected chi connectivity index (χ1v) is 7.85. The van der Waals surface area contributed by atoms with Gasteiger partial charge < -0.3 is 9.84 Å². The number of halogens is 1. The number of para-hydroxylation sites is 1. The molecule has 0 spiro atoms. The number of hydrogen-bond donors (Lipinski definition) is 1. The maximum atomic E-state index is 13.2. The summed E-state index contributed by atoms with van der Waals surface area (Å²) < 4.78 is 20.7. The molecule has 1 aromatic heterocycles. The van der Waals surface area contributed by atoms with Gasteiger partial charge in [0.15, 0.2) is 12.2 Å². The first kappa shape index (κ1) is 15.5. The largest absolute Gasteiger partial charge is 0.466 e. The highest BCUT2D eigenvalue weighted by Crippen LogP contribution is 2.38. The topological polar surface area (TPSA) is 64.4 Å². The van der Waals surface area contributed by atoms with Crippen molar-refractivity contribution < 1.29 is 19.0 Å². The van der Waals surface area contributed by atoms with E-state index in [0.717, 1.165) is 5.69 Å². The number of aliphatic hydroxyl groups is 1. The van der Waals surface area contributed by atoms with Gasteiger partial charge in [-0.25, -0.2) is 9.07 Å². The maximum absolute atomic E-state index is 13.2. The molecule has 0 bridgehead atoms. The molecule has 1 aliphatic rings. The fourth-order valence-electron chi connectivity index (χ4n) is 3.02. The van der Waals surface area contributed by atoms with E-state index < -0.39 is 23.8 Å². The minimum Gasteiger partial charge on any atom is -0.466 e. The molecule has 0 aliphatic carbocycles. The van der Waals surface area contributed by atoms with E-state index in [0.29, 0.717) is 11.3 Å². The second-order valence-electron chi connectivity index (χ2n) is 5.91. The summed E-state index contributed by atoms with van der Waals surface area (Å²) in [5.41, 5.74) is 2.02. The van der Waals surface area contributed by atoms with E-state index in [1.54, 1.807) is 11.6 Å². The number of carbonyl (C=O) groups is 1. The highest BCUT2D eigenvalue weighted by molar-refractivity contribution is 6.03. The van der Waals surface area contributed by atoms with E-state index in [9.17, 15) is 14.3 Å². The molecule has 0 saturated heterocycles. The molecule has 5 nitrogen and oxygen atoms in total. The van der Waals surface area contributed by atoms with Gasteiger partial charge in [0.25, 0.3) is 0 Å². The molecule has 126 valence electrons. The lowest BCUT2D eigenvalue weighted by atomic mass is 9.94. The quantitative estimate of drug-likeness (QED) is 0.780. The number of ether oxygens (including phenoxy) is 1. The Morgan fingerprint density at radius 2 is 1.80 bits per heavy atom. The van der Waals surface area contributed by atoms with Gasteiger partial charge in [-0.1, -0.05) is 30.3 Å². The van der Waals surface area contributed by atoms with Crippen LogP contribution in [0.1, 0.15) is 27.7 Å². The second-order valence-corrected chi connectivity index (χ2v) is 5.91. The van der Waals surface area contributed by atoms with Gasteiger partial charge in [-0.15, -0.1) is 0 Å². The Morgan fingerprint density at radius 3 is 2.48 bits per heavy atom. The Bertz CT molecular complexity index is 935. The predicted molar refractivity (Wildman–Crippen MR) is 88.4 cm³/mol. The normalized spacial score (nSPS) is 19.4. The number of ketones is 1. The van der Waals surface area contributed by atoms with Gasteiger partial charge in [0.05, 0.1) is 11.4 Å². The molecule has 6 heteroatoms. The summed E-state index contributed by atoms with van der Waals surface area (Å²) in [5, 5.41) is 14.8. The summed E-state index contributed by atoms with van der Waals surface area (Å²) in [6.45, 7) is 1.70. The summed E-state index contributed by atoms with van der Waals surface area (Å²) in [6, 6.07) is 14.8. The summed E-state index contributed by atoms with van der Waals surface area (Å²) in [5.74, 6) is -0.560. The number of carbonyl (C=O) groups excluding carboxylic acids is 1. The molecule has 0 unspecified atom stereocenters. The van der Waals surface area contributed by atoms with Crippen LogP contribution in [0.15, 0.2) is 54.6 Å². The first-order valence-electron chi connectivity index (χ1n) is 7.85. The Hall–Kier alpha value is -2.99. The molecular formula is C19H15FN2O3. The summed E-state index contributed by atoms with van der Waals surface area (Å²) >= 11 is 0. The van der Waals surface area contributed by atoms with Crippen LogP contribution < -0.4 is 4.74 Å². The van der Waals surface area contributed by atoms with Crippen LogP contribution in [0.5, 0.6) is 5.88 Å². The van der Waals surface area contributed by atoms with Gasteiger partial charge >= 0.3 is 0 Å². The fraction of sp³-hybridized carbons (Fsp3) is 0.158. The average Bonchev–Trinajstić information content (AvgIpc) is 2.96. The van der Waals surface area contributed by atoms with Crippen molar-refractivity contribution in [3.8, 4) is 11.6 Å². The van der Waals surface area contributed by atoms with Crippen LogP contribution >= 0.6 is 0 Å². The third-order valence-electron chi connectivity index (χ3n) is 4.26. The van der Waals surface area contributed by atoms with E-state index in [-0.39, 0.29) is 11.4 Å². The molecule has 0 amide bonds.